The number of carbonyl (C=O) groups excluding carboxylic acids is 1. The summed E-state index contributed by atoms with van der Waals surface area (Å²) in [6.45, 7) is 2.93. The standard InChI is InChI=1S/C16H19NO2/c1-2-11-5-3-7-13-14(10-17-16(11)13)15(18)9-12-6-4-8-19-12/h3,5,7,10,12,17H,2,4,6,8-9H2,1H3. The van der Waals surface area contributed by atoms with Crippen LogP contribution in [0.25, 0.3) is 10.9 Å². The van der Waals surface area contributed by atoms with Gasteiger partial charge < -0.3 is 9.72 Å². The largest absolute Gasteiger partial charge is 0.378 e. The molecular weight excluding hydrogens is 238 g/mol. The smallest absolute Gasteiger partial charge is 0.167 e. The lowest BCUT2D eigenvalue weighted by Crippen LogP contribution is -2.12. The first kappa shape index (κ1) is 12.4. The molecule has 0 aliphatic carbocycles. The Morgan fingerprint density at radius 1 is 1.47 bits per heavy atom. The average molecular weight is 257 g/mol. The molecule has 0 bridgehead atoms. The number of para-hydroxylation sites is 1. The van der Waals surface area contributed by atoms with E-state index in [1.807, 2.05) is 18.3 Å². The van der Waals surface area contributed by atoms with Crippen LogP contribution in [0.2, 0.25) is 0 Å². The van der Waals surface area contributed by atoms with Crippen molar-refractivity contribution < 1.29 is 9.53 Å². The Kier molecular flexibility index (Phi) is 3.38. The average Bonchev–Trinajstić information content (AvgIpc) is 3.06. The maximum absolute atomic E-state index is 12.4. The fraction of sp³-hybridized carbons (Fsp3) is 0.438. The number of ether oxygens (including phenoxy) is 1. The normalized spacial score (nSPS) is 19.1. The number of nitrogens with one attached hydrogen (secondary N) is 1. The van der Waals surface area contributed by atoms with E-state index in [1.165, 1.54) is 5.56 Å². The second-order valence-electron chi connectivity index (χ2n) is 5.16. The summed E-state index contributed by atoms with van der Waals surface area (Å²) < 4.78 is 5.55. The van der Waals surface area contributed by atoms with E-state index in [0.29, 0.717) is 6.42 Å². The number of hydrogen-bond donors (Lipinski definition) is 1. The van der Waals surface area contributed by atoms with Crippen LogP contribution in [0.15, 0.2) is 24.4 Å². The van der Waals surface area contributed by atoms with E-state index in [9.17, 15) is 4.79 Å². The molecule has 0 amide bonds. The van der Waals surface area contributed by atoms with Crippen molar-refractivity contribution in [2.45, 2.75) is 38.7 Å². The van der Waals surface area contributed by atoms with Gasteiger partial charge in [0.1, 0.15) is 0 Å². The minimum Gasteiger partial charge on any atom is -0.378 e. The SMILES string of the molecule is CCc1cccc2c(C(=O)CC3CCCO3)c[nH]c12. The topological polar surface area (TPSA) is 42.1 Å². The lowest BCUT2D eigenvalue weighted by atomic mass is 10.0. The Hall–Kier alpha value is -1.61. The van der Waals surface area contributed by atoms with Gasteiger partial charge in [-0.15, -0.1) is 0 Å². The van der Waals surface area contributed by atoms with Gasteiger partial charge >= 0.3 is 0 Å². The highest BCUT2D eigenvalue weighted by Crippen LogP contribution is 2.25. The van der Waals surface area contributed by atoms with Gasteiger partial charge in [-0.2, -0.15) is 0 Å². The molecule has 3 heteroatoms. The minimum atomic E-state index is 0.117. The van der Waals surface area contributed by atoms with Crippen molar-refractivity contribution >= 4 is 16.7 Å². The van der Waals surface area contributed by atoms with Crippen LogP contribution < -0.4 is 0 Å². The second-order valence-corrected chi connectivity index (χ2v) is 5.16. The summed E-state index contributed by atoms with van der Waals surface area (Å²) in [6.07, 6.45) is 5.52. The third-order valence-electron chi connectivity index (χ3n) is 3.92. The zero-order valence-electron chi connectivity index (χ0n) is 11.2. The zero-order valence-corrected chi connectivity index (χ0v) is 11.2. The van der Waals surface area contributed by atoms with Crippen molar-refractivity contribution in [1.82, 2.24) is 4.98 Å². The maximum atomic E-state index is 12.4. The highest BCUT2D eigenvalue weighted by Gasteiger charge is 2.21. The monoisotopic (exact) mass is 257 g/mol. The molecule has 1 unspecified atom stereocenters. The first-order valence-electron chi connectivity index (χ1n) is 7.03. The van der Waals surface area contributed by atoms with Crippen LogP contribution in [-0.2, 0) is 11.2 Å². The van der Waals surface area contributed by atoms with Gasteiger partial charge in [-0.25, -0.2) is 0 Å². The molecule has 1 fully saturated rings. The quantitative estimate of drug-likeness (QED) is 0.852. The lowest BCUT2D eigenvalue weighted by molar-refractivity contribution is 0.0777. The van der Waals surface area contributed by atoms with E-state index in [2.05, 4.69) is 18.0 Å². The van der Waals surface area contributed by atoms with Gasteiger partial charge in [0.2, 0.25) is 0 Å². The molecule has 0 saturated carbocycles. The molecule has 1 aromatic heterocycles. The van der Waals surface area contributed by atoms with E-state index in [4.69, 9.17) is 4.74 Å². The molecule has 1 N–H and O–H groups in total. The third kappa shape index (κ3) is 2.30. The summed E-state index contributed by atoms with van der Waals surface area (Å²) in [7, 11) is 0. The molecule has 3 nitrogen and oxygen atoms in total. The predicted molar refractivity (Wildman–Crippen MR) is 75.6 cm³/mol. The van der Waals surface area contributed by atoms with Gasteiger partial charge in [-0.05, 0) is 24.8 Å². The van der Waals surface area contributed by atoms with Crippen LogP contribution in [0, 0.1) is 0 Å². The Labute approximate surface area is 113 Å². The Morgan fingerprint density at radius 2 is 2.37 bits per heavy atom. The Bertz CT molecular complexity index is 594. The van der Waals surface area contributed by atoms with Gasteiger partial charge in [0, 0.05) is 35.7 Å². The van der Waals surface area contributed by atoms with Gasteiger partial charge in [-0.3, -0.25) is 4.79 Å². The molecule has 0 spiro atoms. The van der Waals surface area contributed by atoms with Crippen molar-refractivity contribution in [3.8, 4) is 0 Å². The molecule has 2 aromatic rings. The molecule has 1 atom stereocenters. The number of aromatic nitrogens is 1. The molecular formula is C16H19NO2. The van der Waals surface area contributed by atoms with Crippen LogP contribution in [0.4, 0.5) is 0 Å². The number of aryl methyl sites for hydroxylation is 1. The molecule has 19 heavy (non-hydrogen) atoms. The van der Waals surface area contributed by atoms with Crippen molar-refractivity contribution in [2.24, 2.45) is 0 Å². The van der Waals surface area contributed by atoms with Crippen molar-refractivity contribution in [1.29, 1.82) is 0 Å². The van der Waals surface area contributed by atoms with Crippen LogP contribution in [0.3, 0.4) is 0 Å². The number of rotatable bonds is 4. The first-order valence-corrected chi connectivity index (χ1v) is 7.03. The maximum Gasteiger partial charge on any atom is 0.167 e. The molecule has 1 aliphatic heterocycles. The number of fused-ring (bicyclic) bond motifs is 1. The summed E-state index contributed by atoms with van der Waals surface area (Å²) in [5.41, 5.74) is 3.16. The van der Waals surface area contributed by atoms with E-state index in [-0.39, 0.29) is 11.9 Å². The zero-order chi connectivity index (χ0) is 13.2. The number of aromatic amines is 1. The van der Waals surface area contributed by atoms with Crippen LogP contribution in [0.1, 0.15) is 42.1 Å². The van der Waals surface area contributed by atoms with E-state index in [1.54, 1.807) is 0 Å². The number of ketones is 1. The van der Waals surface area contributed by atoms with E-state index < -0.39 is 0 Å². The van der Waals surface area contributed by atoms with Crippen LogP contribution in [-0.4, -0.2) is 23.5 Å². The molecule has 1 aliphatic rings. The number of Topliss-reactive ketones (excluding diaryl/α,β-unsaturated/α-hetero) is 1. The second kappa shape index (κ2) is 5.17. The summed E-state index contributed by atoms with van der Waals surface area (Å²) >= 11 is 0. The summed E-state index contributed by atoms with van der Waals surface area (Å²) in [4.78, 5) is 15.6. The van der Waals surface area contributed by atoms with Gasteiger partial charge in [-0.1, -0.05) is 25.1 Å². The fourth-order valence-corrected chi connectivity index (χ4v) is 2.86. The molecule has 1 saturated heterocycles. The minimum absolute atomic E-state index is 0.117. The van der Waals surface area contributed by atoms with Crippen molar-refractivity contribution in [3.05, 3.63) is 35.5 Å². The van der Waals surface area contributed by atoms with Crippen molar-refractivity contribution in [3.63, 3.8) is 0 Å². The molecule has 2 heterocycles. The Morgan fingerprint density at radius 3 is 3.11 bits per heavy atom. The molecule has 3 rings (SSSR count). The van der Waals surface area contributed by atoms with Gasteiger partial charge in [0.25, 0.3) is 0 Å². The molecule has 100 valence electrons. The summed E-state index contributed by atoms with van der Waals surface area (Å²) in [5, 5.41) is 1.04. The highest BCUT2D eigenvalue weighted by atomic mass is 16.5. The van der Waals surface area contributed by atoms with Crippen LogP contribution >= 0.6 is 0 Å². The number of H-pyrrole nitrogens is 1. The number of hydrogen-bond acceptors (Lipinski definition) is 2. The van der Waals surface area contributed by atoms with Crippen LogP contribution in [0.5, 0.6) is 0 Å². The van der Waals surface area contributed by atoms with Crippen molar-refractivity contribution in [2.75, 3.05) is 6.61 Å². The molecule has 0 radical (unpaired) electrons. The highest BCUT2D eigenvalue weighted by molar-refractivity contribution is 6.08. The van der Waals surface area contributed by atoms with Gasteiger partial charge in [0.05, 0.1) is 6.10 Å². The van der Waals surface area contributed by atoms with E-state index >= 15 is 0 Å². The number of benzene rings is 1. The first-order chi connectivity index (χ1) is 9.29. The number of carbonyl (C=O) groups is 1. The summed E-state index contributed by atoms with van der Waals surface area (Å²) in [6, 6.07) is 6.15. The third-order valence-corrected chi connectivity index (χ3v) is 3.92. The Balaban J connectivity index is 1.90. The van der Waals surface area contributed by atoms with E-state index in [0.717, 1.165) is 42.3 Å². The predicted octanol–water partition coefficient (Wildman–Crippen LogP) is 3.48. The lowest BCUT2D eigenvalue weighted by Gasteiger charge is -2.07. The molecule has 1 aromatic carbocycles. The fourth-order valence-electron chi connectivity index (χ4n) is 2.86. The summed E-state index contributed by atoms with van der Waals surface area (Å²) in [5.74, 6) is 0.186. The van der Waals surface area contributed by atoms with Gasteiger partial charge in [0.15, 0.2) is 5.78 Å².